The predicted octanol–water partition coefficient (Wildman–Crippen LogP) is 15.1. The van der Waals surface area contributed by atoms with Crippen LogP contribution in [0.5, 0.6) is 0 Å². The summed E-state index contributed by atoms with van der Waals surface area (Å²) in [6, 6.07) is 43.4. The molecule has 4 unspecified atom stereocenters. The van der Waals surface area contributed by atoms with E-state index in [2.05, 4.69) is 132 Å². The SMILES string of the molecule is c1ccc(-c2ccc(-c3cc(-c4ccc(-c5ccccc5)cc4)c4c5c6c(ncc5n5c7cnc8c(c7c3c45)C3CC4CC(CC8C4)C3)C3CC4CC(C3)CC6C4)cc2)cc1. The van der Waals surface area contributed by atoms with Crippen molar-refractivity contribution < 1.29 is 0 Å². The molecular formula is C58H49N3. The van der Waals surface area contributed by atoms with E-state index in [-0.39, 0.29) is 0 Å². The third-order valence-corrected chi connectivity index (χ3v) is 17.2. The summed E-state index contributed by atoms with van der Waals surface area (Å²) < 4.78 is 2.69. The molecule has 4 heterocycles. The molecule has 296 valence electrons. The standard InChI is InChI=1S/C58H49N3/c1-3-7-36(8-4-1)38-11-15-40(16-12-38)46-29-47(41-17-13-39(14-18-41)37-9-5-2-6-10-37)53-55-49(31-60-57-45-27-34-20-35(28-45)24-43(23-34)51(55)57)61-48-30-59-56-44-25-32-19-33(26-44)22-42(21-32)50(56)54(48)52(46)58(53)61/h1-18,29-35,42-45H,19-28H2. The van der Waals surface area contributed by atoms with Gasteiger partial charge in [-0.3, -0.25) is 9.97 Å². The molecule has 0 radical (unpaired) electrons. The van der Waals surface area contributed by atoms with Crippen molar-refractivity contribution in [1.29, 1.82) is 0 Å². The molecule has 3 nitrogen and oxygen atoms in total. The molecule has 0 amide bonds. The van der Waals surface area contributed by atoms with Gasteiger partial charge in [-0.2, -0.15) is 0 Å². The number of nitrogens with zero attached hydrogens (tertiary/aromatic N) is 3. The van der Waals surface area contributed by atoms with Crippen molar-refractivity contribution in [2.45, 2.75) is 87.9 Å². The molecule has 4 fully saturated rings. The number of fused-ring (bicyclic) bond motifs is 6. The highest BCUT2D eigenvalue weighted by Gasteiger charge is 2.46. The minimum atomic E-state index is 0.582. The first-order chi connectivity index (χ1) is 30.2. The van der Waals surface area contributed by atoms with Crippen LogP contribution in [-0.2, 0) is 0 Å². The maximum absolute atomic E-state index is 5.60. The lowest BCUT2D eigenvalue weighted by Crippen LogP contribution is -2.25. The van der Waals surface area contributed by atoms with E-state index in [0.29, 0.717) is 23.7 Å². The van der Waals surface area contributed by atoms with E-state index >= 15 is 0 Å². The summed E-state index contributed by atoms with van der Waals surface area (Å²) in [5.41, 5.74) is 20.4. The van der Waals surface area contributed by atoms with Gasteiger partial charge in [-0.15, -0.1) is 0 Å². The minimum Gasteiger partial charge on any atom is -0.305 e. The predicted molar refractivity (Wildman–Crippen MR) is 250 cm³/mol. The van der Waals surface area contributed by atoms with E-state index < -0.39 is 0 Å². The molecular weight excluding hydrogens is 739 g/mol. The molecule has 4 saturated carbocycles. The normalized spacial score (nSPS) is 27.0. The van der Waals surface area contributed by atoms with Crippen molar-refractivity contribution >= 4 is 38.1 Å². The summed E-state index contributed by atoms with van der Waals surface area (Å²) >= 11 is 0. The lowest BCUT2D eigenvalue weighted by molar-refractivity contribution is 0.165. The fourth-order valence-electron chi connectivity index (χ4n) is 15.2. The van der Waals surface area contributed by atoms with Crippen LogP contribution in [0.3, 0.4) is 0 Å². The third-order valence-electron chi connectivity index (χ3n) is 17.2. The molecule has 17 rings (SSSR count). The number of pyridine rings is 2. The van der Waals surface area contributed by atoms with Crippen LogP contribution in [-0.4, -0.2) is 14.4 Å². The van der Waals surface area contributed by atoms with Gasteiger partial charge in [0.2, 0.25) is 0 Å². The molecule has 5 aromatic carbocycles. The molecule has 8 bridgehead atoms. The van der Waals surface area contributed by atoms with Gasteiger partial charge in [-0.25, -0.2) is 0 Å². The van der Waals surface area contributed by atoms with Gasteiger partial charge in [0.05, 0.1) is 28.9 Å². The van der Waals surface area contributed by atoms with E-state index in [1.807, 2.05) is 0 Å². The molecule has 0 spiro atoms. The van der Waals surface area contributed by atoms with E-state index in [1.165, 1.54) is 158 Å². The second kappa shape index (κ2) is 12.4. The summed E-state index contributed by atoms with van der Waals surface area (Å²) in [5, 5.41) is 5.89. The average Bonchev–Trinajstić information content (AvgIpc) is 3.70. The van der Waals surface area contributed by atoms with Crippen LogP contribution in [0.2, 0.25) is 0 Å². The maximum Gasteiger partial charge on any atom is 0.0728 e. The molecule has 0 aliphatic heterocycles. The van der Waals surface area contributed by atoms with Crippen LogP contribution in [0, 0.1) is 23.7 Å². The Bertz CT molecular complexity index is 2990. The number of rotatable bonds is 4. The van der Waals surface area contributed by atoms with Crippen LogP contribution in [0.25, 0.3) is 82.6 Å². The second-order valence-corrected chi connectivity index (χ2v) is 20.5. The summed E-state index contributed by atoms with van der Waals surface area (Å²) in [4.78, 5) is 11.2. The Morgan fingerprint density at radius 3 is 1.13 bits per heavy atom. The van der Waals surface area contributed by atoms with Gasteiger partial charge in [0.1, 0.15) is 0 Å². The van der Waals surface area contributed by atoms with Crippen molar-refractivity contribution in [3.8, 4) is 44.5 Å². The largest absolute Gasteiger partial charge is 0.305 e. The Morgan fingerprint density at radius 1 is 0.361 bits per heavy atom. The van der Waals surface area contributed by atoms with Gasteiger partial charge in [-0.05, 0) is 161 Å². The van der Waals surface area contributed by atoms with Crippen LogP contribution in [0.15, 0.2) is 128 Å². The van der Waals surface area contributed by atoms with E-state index in [0.717, 1.165) is 23.7 Å². The topological polar surface area (TPSA) is 30.2 Å². The first-order valence-corrected chi connectivity index (χ1v) is 23.6. The lowest BCUT2D eigenvalue weighted by Gasteiger charge is -2.38. The molecule has 3 heteroatoms. The zero-order chi connectivity index (χ0) is 39.5. The van der Waals surface area contributed by atoms with Crippen molar-refractivity contribution in [3.63, 3.8) is 0 Å². The second-order valence-electron chi connectivity index (χ2n) is 20.5. The first-order valence-electron chi connectivity index (χ1n) is 23.6. The number of aromatic nitrogens is 3. The van der Waals surface area contributed by atoms with E-state index in [4.69, 9.17) is 9.97 Å². The molecule has 8 aliphatic rings. The number of hydrogen-bond acceptors (Lipinski definition) is 2. The highest BCUT2D eigenvalue weighted by atomic mass is 15.0. The van der Waals surface area contributed by atoms with Crippen molar-refractivity contribution in [2.75, 3.05) is 0 Å². The Labute approximate surface area is 357 Å². The molecule has 4 aromatic heterocycles. The fraction of sp³-hybridized carbons (Fsp3) is 0.310. The molecule has 8 aliphatic carbocycles. The van der Waals surface area contributed by atoms with Crippen molar-refractivity contribution in [1.82, 2.24) is 14.4 Å². The zero-order valence-electron chi connectivity index (χ0n) is 34.7. The maximum atomic E-state index is 5.60. The van der Waals surface area contributed by atoms with Gasteiger partial charge in [0.25, 0.3) is 0 Å². The highest BCUT2D eigenvalue weighted by Crippen LogP contribution is 2.61. The van der Waals surface area contributed by atoms with Gasteiger partial charge < -0.3 is 4.40 Å². The molecule has 0 N–H and O–H groups in total. The third kappa shape index (κ3) is 4.76. The molecule has 61 heavy (non-hydrogen) atoms. The smallest absolute Gasteiger partial charge is 0.0728 e. The summed E-state index contributed by atoms with van der Waals surface area (Å²) in [5.74, 6) is 5.69. The summed E-state index contributed by atoms with van der Waals surface area (Å²) in [6.45, 7) is 0. The van der Waals surface area contributed by atoms with E-state index in [9.17, 15) is 0 Å². The lowest BCUT2D eigenvalue weighted by atomic mass is 9.67. The highest BCUT2D eigenvalue weighted by molar-refractivity contribution is 6.31. The van der Waals surface area contributed by atoms with Gasteiger partial charge in [0, 0.05) is 44.8 Å². The van der Waals surface area contributed by atoms with Gasteiger partial charge >= 0.3 is 0 Å². The Morgan fingerprint density at radius 2 is 0.721 bits per heavy atom. The monoisotopic (exact) mass is 787 g/mol. The fourth-order valence-corrected chi connectivity index (χ4v) is 15.2. The van der Waals surface area contributed by atoms with Crippen molar-refractivity contribution in [3.05, 3.63) is 150 Å². The molecule has 9 aromatic rings. The van der Waals surface area contributed by atoms with Gasteiger partial charge in [0.15, 0.2) is 0 Å². The Hall–Kier alpha value is -5.80. The minimum absolute atomic E-state index is 0.582. The van der Waals surface area contributed by atoms with Gasteiger partial charge in [-0.1, -0.05) is 109 Å². The Kier molecular flexibility index (Phi) is 6.89. The van der Waals surface area contributed by atoms with Crippen LogP contribution >= 0.6 is 0 Å². The first kappa shape index (κ1) is 33.9. The zero-order valence-corrected chi connectivity index (χ0v) is 34.7. The molecule has 4 atom stereocenters. The summed E-state index contributed by atoms with van der Waals surface area (Å²) in [7, 11) is 0. The van der Waals surface area contributed by atoms with Crippen LogP contribution in [0.4, 0.5) is 0 Å². The van der Waals surface area contributed by atoms with Crippen LogP contribution < -0.4 is 0 Å². The number of benzene rings is 5. The summed E-state index contributed by atoms with van der Waals surface area (Å²) in [6.07, 6.45) is 18.1. The van der Waals surface area contributed by atoms with Crippen LogP contribution in [0.1, 0.15) is 110 Å². The quantitative estimate of drug-likeness (QED) is 0.178. The number of hydrogen-bond donors (Lipinski definition) is 0. The average molecular weight is 788 g/mol. The van der Waals surface area contributed by atoms with E-state index in [1.54, 1.807) is 11.1 Å². The molecule has 0 saturated heterocycles. The Balaban J connectivity index is 1.09. The van der Waals surface area contributed by atoms with Crippen molar-refractivity contribution in [2.24, 2.45) is 23.7 Å².